The highest BCUT2D eigenvalue weighted by molar-refractivity contribution is 5.74. The number of nitrogens with zero attached hydrogens (tertiary/aromatic N) is 4. The van der Waals surface area contributed by atoms with Crippen LogP contribution in [0.15, 0.2) is 6.20 Å². The summed E-state index contributed by atoms with van der Waals surface area (Å²) in [5.41, 5.74) is 12.9. The molecule has 2 aromatic heterocycles. The van der Waals surface area contributed by atoms with Gasteiger partial charge in [0.1, 0.15) is 6.10 Å². The zero-order valence-electron chi connectivity index (χ0n) is 15.4. The van der Waals surface area contributed by atoms with Crippen molar-refractivity contribution in [3.05, 3.63) is 11.9 Å². The Kier molecular flexibility index (Phi) is 5.90. The van der Waals surface area contributed by atoms with Gasteiger partial charge < -0.3 is 16.2 Å². The van der Waals surface area contributed by atoms with Crippen LogP contribution in [0.4, 0.5) is 5.82 Å². The molecule has 0 spiro atoms. The molecule has 1 aliphatic carbocycles. The number of fused-ring (bicyclic) bond motifs is 1. The molecule has 0 bridgehead atoms. The summed E-state index contributed by atoms with van der Waals surface area (Å²) < 4.78 is 7.55. The van der Waals surface area contributed by atoms with Gasteiger partial charge in [0.15, 0.2) is 11.5 Å². The number of carbonyl (C=O) groups is 1. The van der Waals surface area contributed by atoms with Crippen LogP contribution in [0.5, 0.6) is 6.01 Å². The summed E-state index contributed by atoms with van der Waals surface area (Å²) >= 11 is 0. The van der Waals surface area contributed by atoms with Crippen LogP contribution < -0.4 is 16.2 Å². The molecule has 1 aliphatic rings. The SMILES string of the molecule is CCCC(CC(N)=O)Oc1nc(N)c2ncc(CC3CCCCC3)n2n1. The second-order valence-electron chi connectivity index (χ2n) is 7.17. The van der Waals surface area contributed by atoms with E-state index in [0.29, 0.717) is 18.0 Å². The molecule has 1 amide bonds. The van der Waals surface area contributed by atoms with Gasteiger partial charge in [-0.05, 0) is 18.8 Å². The molecule has 2 heterocycles. The van der Waals surface area contributed by atoms with Crippen molar-refractivity contribution in [2.24, 2.45) is 11.7 Å². The number of rotatable bonds is 8. The maximum absolute atomic E-state index is 11.2. The Morgan fingerprint density at radius 1 is 1.38 bits per heavy atom. The van der Waals surface area contributed by atoms with Gasteiger partial charge in [-0.2, -0.15) is 4.98 Å². The number of hydrogen-bond acceptors (Lipinski definition) is 6. The van der Waals surface area contributed by atoms with Crippen molar-refractivity contribution in [3.63, 3.8) is 0 Å². The first kappa shape index (κ1) is 18.4. The van der Waals surface area contributed by atoms with E-state index in [1.165, 1.54) is 32.1 Å². The summed E-state index contributed by atoms with van der Waals surface area (Å²) in [5.74, 6) is 0.532. The van der Waals surface area contributed by atoms with Crippen molar-refractivity contribution >= 4 is 17.4 Å². The van der Waals surface area contributed by atoms with E-state index in [1.807, 2.05) is 13.1 Å². The van der Waals surface area contributed by atoms with Gasteiger partial charge in [-0.3, -0.25) is 4.79 Å². The normalized spacial score (nSPS) is 16.7. The largest absolute Gasteiger partial charge is 0.459 e. The number of hydrogen-bond donors (Lipinski definition) is 2. The molecule has 8 heteroatoms. The maximum atomic E-state index is 11.2. The van der Waals surface area contributed by atoms with E-state index in [4.69, 9.17) is 16.2 Å². The van der Waals surface area contributed by atoms with Crippen LogP contribution in [0.2, 0.25) is 0 Å². The van der Waals surface area contributed by atoms with Crippen molar-refractivity contribution in [1.82, 2.24) is 19.6 Å². The molecule has 8 nitrogen and oxygen atoms in total. The minimum absolute atomic E-state index is 0.133. The molecular formula is C18H28N6O2. The Labute approximate surface area is 153 Å². The first-order valence-electron chi connectivity index (χ1n) is 9.52. The van der Waals surface area contributed by atoms with Crippen molar-refractivity contribution in [3.8, 4) is 6.01 Å². The summed E-state index contributed by atoms with van der Waals surface area (Å²) in [7, 11) is 0. The number of imidazole rings is 1. The molecule has 2 aromatic rings. The standard InChI is InChI=1S/C18H28N6O2/c1-2-6-14(10-15(19)25)26-18-22-16(20)17-21-11-13(24(17)23-18)9-12-7-4-3-5-8-12/h11-12,14H,2-10H2,1H3,(H2,19,25)(H2,20,22,23). The summed E-state index contributed by atoms with van der Waals surface area (Å²) in [6, 6.07) is 0.164. The molecule has 26 heavy (non-hydrogen) atoms. The molecule has 1 atom stereocenters. The van der Waals surface area contributed by atoms with E-state index in [2.05, 4.69) is 15.1 Å². The minimum atomic E-state index is -0.405. The Morgan fingerprint density at radius 2 is 2.15 bits per heavy atom. The van der Waals surface area contributed by atoms with Gasteiger partial charge in [0.05, 0.1) is 18.3 Å². The fourth-order valence-corrected chi connectivity index (χ4v) is 3.70. The molecule has 4 N–H and O–H groups in total. The van der Waals surface area contributed by atoms with Gasteiger partial charge in [0.25, 0.3) is 0 Å². The molecule has 1 saturated carbocycles. The van der Waals surface area contributed by atoms with Gasteiger partial charge in [-0.1, -0.05) is 45.4 Å². The molecule has 1 unspecified atom stereocenters. The van der Waals surface area contributed by atoms with Crippen LogP contribution in [0.1, 0.15) is 64.0 Å². The number of aromatic nitrogens is 4. The summed E-state index contributed by atoms with van der Waals surface area (Å²) in [5, 5.41) is 4.48. The van der Waals surface area contributed by atoms with Gasteiger partial charge in [0, 0.05) is 0 Å². The van der Waals surface area contributed by atoms with E-state index in [0.717, 1.165) is 18.5 Å². The quantitative estimate of drug-likeness (QED) is 0.744. The van der Waals surface area contributed by atoms with Crippen LogP contribution in [-0.2, 0) is 11.2 Å². The molecule has 0 saturated heterocycles. The van der Waals surface area contributed by atoms with Gasteiger partial charge in [-0.15, -0.1) is 5.10 Å². The molecule has 0 aromatic carbocycles. The van der Waals surface area contributed by atoms with Crippen LogP contribution in [0, 0.1) is 5.92 Å². The van der Waals surface area contributed by atoms with E-state index >= 15 is 0 Å². The topological polar surface area (TPSA) is 121 Å². The zero-order chi connectivity index (χ0) is 18.5. The third kappa shape index (κ3) is 4.42. The number of primary amides is 1. The van der Waals surface area contributed by atoms with E-state index in [9.17, 15) is 4.79 Å². The van der Waals surface area contributed by atoms with E-state index in [1.54, 1.807) is 4.52 Å². The smallest absolute Gasteiger partial charge is 0.336 e. The average molecular weight is 360 g/mol. The monoisotopic (exact) mass is 360 g/mol. The van der Waals surface area contributed by atoms with Crippen LogP contribution in [-0.4, -0.2) is 31.6 Å². The Bertz CT molecular complexity index is 753. The number of ether oxygens (including phenoxy) is 1. The molecule has 1 fully saturated rings. The average Bonchev–Trinajstić information content (AvgIpc) is 2.99. The number of nitrogen functional groups attached to an aromatic ring is 1. The first-order chi connectivity index (χ1) is 12.6. The highest BCUT2D eigenvalue weighted by atomic mass is 16.5. The summed E-state index contributed by atoms with van der Waals surface area (Å²) in [6.45, 7) is 2.02. The summed E-state index contributed by atoms with van der Waals surface area (Å²) in [4.78, 5) is 19.8. The molecule has 142 valence electrons. The third-order valence-electron chi connectivity index (χ3n) is 4.97. The lowest BCUT2D eigenvalue weighted by Crippen LogP contribution is -2.26. The predicted octanol–water partition coefficient (Wildman–Crippen LogP) is 2.25. The minimum Gasteiger partial charge on any atom is -0.459 e. The van der Waals surface area contributed by atoms with Gasteiger partial charge in [0.2, 0.25) is 5.91 Å². The highest BCUT2D eigenvalue weighted by Crippen LogP contribution is 2.27. The lowest BCUT2D eigenvalue weighted by molar-refractivity contribution is -0.119. The van der Waals surface area contributed by atoms with Crippen molar-refractivity contribution in [1.29, 1.82) is 0 Å². The third-order valence-corrected chi connectivity index (χ3v) is 4.97. The van der Waals surface area contributed by atoms with Gasteiger partial charge in [-0.25, -0.2) is 9.50 Å². The lowest BCUT2D eigenvalue weighted by atomic mass is 9.86. The van der Waals surface area contributed by atoms with Crippen LogP contribution >= 0.6 is 0 Å². The second kappa shape index (κ2) is 8.33. The second-order valence-corrected chi connectivity index (χ2v) is 7.17. The molecule has 3 rings (SSSR count). The van der Waals surface area contributed by atoms with Crippen LogP contribution in [0.3, 0.4) is 0 Å². The Hall–Kier alpha value is -2.38. The van der Waals surface area contributed by atoms with E-state index < -0.39 is 5.91 Å². The lowest BCUT2D eigenvalue weighted by Gasteiger charge is -2.21. The number of amides is 1. The van der Waals surface area contributed by atoms with Crippen molar-refractivity contribution in [2.75, 3.05) is 5.73 Å². The molecule has 0 radical (unpaired) electrons. The Morgan fingerprint density at radius 3 is 2.85 bits per heavy atom. The van der Waals surface area contributed by atoms with Crippen LogP contribution in [0.25, 0.3) is 5.65 Å². The summed E-state index contributed by atoms with van der Waals surface area (Å²) in [6.07, 6.45) is 10.5. The molecular weight excluding hydrogens is 332 g/mol. The van der Waals surface area contributed by atoms with E-state index in [-0.39, 0.29) is 24.4 Å². The Balaban J connectivity index is 1.82. The van der Waals surface area contributed by atoms with Crippen molar-refractivity contribution < 1.29 is 9.53 Å². The fourth-order valence-electron chi connectivity index (χ4n) is 3.70. The fraction of sp³-hybridized carbons (Fsp3) is 0.667. The zero-order valence-corrected chi connectivity index (χ0v) is 15.4. The first-order valence-corrected chi connectivity index (χ1v) is 9.52. The highest BCUT2D eigenvalue weighted by Gasteiger charge is 2.20. The number of nitrogens with two attached hydrogens (primary N) is 2. The van der Waals surface area contributed by atoms with Crippen molar-refractivity contribution in [2.45, 2.75) is 70.8 Å². The predicted molar refractivity (Wildman–Crippen MR) is 98.6 cm³/mol. The molecule has 0 aliphatic heterocycles. The maximum Gasteiger partial charge on any atom is 0.336 e. The van der Waals surface area contributed by atoms with Gasteiger partial charge >= 0.3 is 6.01 Å². The number of anilines is 1. The number of carbonyl (C=O) groups excluding carboxylic acids is 1.